The molecule has 0 unspecified atom stereocenters. The van der Waals surface area contributed by atoms with Crippen LogP contribution in [0.2, 0.25) is 0 Å². The summed E-state index contributed by atoms with van der Waals surface area (Å²) in [5.74, 6) is -1.45. The molecule has 4 rings (SSSR count). The lowest BCUT2D eigenvalue weighted by atomic mass is 10.1. The zero-order valence-corrected chi connectivity index (χ0v) is 14.2. The van der Waals surface area contributed by atoms with E-state index in [1.807, 2.05) is 42.5 Å². The summed E-state index contributed by atoms with van der Waals surface area (Å²) < 4.78 is 0. The van der Waals surface area contributed by atoms with Gasteiger partial charge in [-0.3, -0.25) is 9.59 Å². The van der Waals surface area contributed by atoms with Crippen molar-refractivity contribution < 1.29 is 14.7 Å². The van der Waals surface area contributed by atoms with Crippen LogP contribution in [-0.2, 0) is 0 Å². The Bertz CT molecular complexity index is 1050. The van der Waals surface area contributed by atoms with Crippen molar-refractivity contribution in [2.75, 3.05) is 0 Å². The van der Waals surface area contributed by atoms with Crippen LogP contribution in [-0.4, -0.2) is 21.7 Å². The van der Waals surface area contributed by atoms with E-state index in [9.17, 15) is 14.7 Å². The molecule has 6 heteroatoms. The molecule has 1 aromatic heterocycles. The summed E-state index contributed by atoms with van der Waals surface area (Å²) in [6, 6.07) is 13.6. The van der Waals surface area contributed by atoms with Gasteiger partial charge in [-0.15, -0.1) is 11.3 Å². The largest absolute Gasteiger partial charge is 0.503 e. The Kier molecular flexibility index (Phi) is 3.51. The average molecular weight is 353 g/mol. The Balaban J connectivity index is 1.76. The van der Waals surface area contributed by atoms with E-state index in [2.05, 4.69) is 4.98 Å². The fourth-order valence-corrected chi connectivity index (χ4v) is 4.47. The molecule has 0 bridgehead atoms. The molecule has 1 aliphatic carbocycles. The number of allylic oxidation sites excluding steroid dienone is 2. The van der Waals surface area contributed by atoms with E-state index in [4.69, 9.17) is 0 Å². The number of thioether (sulfide) groups is 1. The van der Waals surface area contributed by atoms with Crippen LogP contribution in [0.3, 0.4) is 0 Å². The van der Waals surface area contributed by atoms with Crippen molar-refractivity contribution in [1.82, 2.24) is 4.98 Å². The standard InChI is InChI=1S/C18H11NO3S2/c1-9-19-13-14(20)15(21)18(16(22)17(13)23-9)24-12-7-6-10-4-2-3-5-11(10)8-12/h2-8,21H,1H3. The number of aromatic nitrogens is 1. The number of hydrogen-bond donors (Lipinski definition) is 1. The number of carbonyl (C=O) groups is 2. The number of aryl methyl sites for hydroxylation is 1. The molecule has 1 heterocycles. The molecule has 0 fully saturated rings. The topological polar surface area (TPSA) is 67.3 Å². The number of thiazole rings is 1. The molecule has 4 nitrogen and oxygen atoms in total. The minimum atomic E-state index is -0.586. The maximum Gasteiger partial charge on any atom is 0.248 e. The molecule has 0 radical (unpaired) electrons. The van der Waals surface area contributed by atoms with Crippen molar-refractivity contribution in [2.24, 2.45) is 0 Å². The second-order valence-electron chi connectivity index (χ2n) is 5.36. The third kappa shape index (κ3) is 2.35. The molecular weight excluding hydrogens is 342 g/mol. The monoisotopic (exact) mass is 353 g/mol. The number of aliphatic hydroxyl groups excluding tert-OH is 1. The highest BCUT2D eigenvalue weighted by molar-refractivity contribution is 8.04. The SMILES string of the molecule is Cc1nc2c(s1)C(=O)C(Sc1ccc3ccccc3c1)=C(O)C2=O. The van der Waals surface area contributed by atoms with Gasteiger partial charge in [0.25, 0.3) is 0 Å². The van der Waals surface area contributed by atoms with Gasteiger partial charge in [0.2, 0.25) is 11.6 Å². The highest BCUT2D eigenvalue weighted by Gasteiger charge is 2.36. The van der Waals surface area contributed by atoms with Crippen LogP contribution < -0.4 is 0 Å². The molecule has 1 N–H and O–H groups in total. The van der Waals surface area contributed by atoms with Crippen molar-refractivity contribution in [3.63, 3.8) is 0 Å². The minimum absolute atomic E-state index is 0.0582. The Labute approximate surface area is 145 Å². The molecule has 0 spiro atoms. The Morgan fingerprint density at radius 3 is 2.58 bits per heavy atom. The lowest BCUT2D eigenvalue weighted by Gasteiger charge is -2.13. The van der Waals surface area contributed by atoms with Crippen LogP contribution in [0.1, 0.15) is 25.2 Å². The first-order valence-electron chi connectivity index (χ1n) is 7.21. The van der Waals surface area contributed by atoms with Gasteiger partial charge in [0.05, 0.1) is 5.01 Å². The number of nitrogens with zero attached hydrogens (tertiary/aromatic N) is 1. The number of fused-ring (bicyclic) bond motifs is 2. The van der Waals surface area contributed by atoms with Gasteiger partial charge >= 0.3 is 0 Å². The van der Waals surface area contributed by atoms with Crippen LogP contribution in [0.5, 0.6) is 0 Å². The molecule has 2 aromatic carbocycles. The van der Waals surface area contributed by atoms with Crippen molar-refractivity contribution in [3.8, 4) is 0 Å². The van der Waals surface area contributed by atoms with Crippen LogP contribution in [0, 0.1) is 6.92 Å². The molecule has 3 aromatic rings. The lowest BCUT2D eigenvalue weighted by molar-refractivity contribution is 0.0934. The van der Waals surface area contributed by atoms with Crippen molar-refractivity contribution in [3.05, 3.63) is 68.7 Å². The van der Waals surface area contributed by atoms with Crippen LogP contribution in [0.25, 0.3) is 10.8 Å². The molecule has 1 aliphatic rings. The van der Waals surface area contributed by atoms with E-state index < -0.39 is 11.5 Å². The number of rotatable bonds is 2. The third-order valence-electron chi connectivity index (χ3n) is 3.73. The molecule has 0 saturated heterocycles. The number of hydrogen-bond acceptors (Lipinski definition) is 6. The van der Waals surface area contributed by atoms with Gasteiger partial charge < -0.3 is 5.11 Å². The summed E-state index contributed by atoms with van der Waals surface area (Å²) in [5.41, 5.74) is 0.0582. The van der Waals surface area contributed by atoms with Crippen molar-refractivity contribution >= 4 is 45.4 Å². The van der Waals surface area contributed by atoms with Gasteiger partial charge in [-0.2, -0.15) is 0 Å². The van der Waals surface area contributed by atoms with Gasteiger partial charge in [-0.25, -0.2) is 4.98 Å². The van der Waals surface area contributed by atoms with Gasteiger partial charge in [-0.1, -0.05) is 42.1 Å². The van der Waals surface area contributed by atoms with Gasteiger partial charge in [-0.05, 0) is 29.8 Å². The summed E-state index contributed by atoms with van der Waals surface area (Å²) in [7, 11) is 0. The second kappa shape index (κ2) is 5.58. The van der Waals surface area contributed by atoms with Crippen molar-refractivity contribution in [2.45, 2.75) is 11.8 Å². The maximum atomic E-state index is 12.6. The molecule has 0 aliphatic heterocycles. The summed E-state index contributed by atoms with van der Waals surface area (Å²) >= 11 is 2.29. The molecule has 0 amide bonds. The van der Waals surface area contributed by atoms with Gasteiger partial charge in [0.15, 0.2) is 5.76 Å². The summed E-state index contributed by atoms with van der Waals surface area (Å²) in [4.78, 5) is 30.1. The zero-order valence-electron chi connectivity index (χ0n) is 12.6. The number of benzene rings is 2. The maximum absolute atomic E-state index is 12.6. The average Bonchev–Trinajstić information content (AvgIpc) is 2.99. The van der Waals surface area contributed by atoms with E-state index in [-0.39, 0.29) is 16.4 Å². The molecule has 118 valence electrons. The van der Waals surface area contributed by atoms with Crippen LogP contribution in [0.15, 0.2) is 58.0 Å². The van der Waals surface area contributed by atoms with E-state index in [0.717, 1.165) is 27.4 Å². The molecule has 0 atom stereocenters. The summed E-state index contributed by atoms with van der Waals surface area (Å²) in [6.07, 6.45) is 0. The van der Waals surface area contributed by atoms with E-state index >= 15 is 0 Å². The number of carbonyl (C=O) groups excluding carboxylic acids is 2. The van der Waals surface area contributed by atoms with E-state index in [0.29, 0.717) is 9.88 Å². The van der Waals surface area contributed by atoms with Crippen LogP contribution >= 0.6 is 23.1 Å². The minimum Gasteiger partial charge on any atom is -0.503 e. The highest BCUT2D eigenvalue weighted by atomic mass is 32.2. The van der Waals surface area contributed by atoms with Gasteiger partial charge in [0, 0.05) is 4.90 Å². The fourth-order valence-electron chi connectivity index (χ4n) is 2.60. The molecule has 24 heavy (non-hydrogen) atoms. The van der Waals surface area contributed by atoms with Gasteiger partial charge in [0.1, 0.15) is 15.5 Å². The van der Waals surface area contributed by atoms with Crippen molar-refractivity contribution in [1.29, 1.82) is 0 Å². The van der Waals surface area contributed by atoms with E-state index in [1.54, 1.807) is 6.92 Å². The normalized spacial score (nSPS) is 14.4. The predicted octanol–water partition coefficient (Wildman–Crippen LogP) is 4.55. The summed E-state index contributed by atoms with van der Waals surface area (Å²) in [5, 5.41) is 12.9. The zero-order chi connectivity index (χ0) is 16.8. The first-order chi connectivity index (χ1) is 11.5. The highest BCUT2D eigenvalue weighted by Crippen LogP contribution is 2.38. The van der Waals surface area contributed by atoms with E-state index in [1.165, 1.54) is 11.3 Å². The third-order valence-corrected chi connectivity index (χ3v) is 5.77. The quantitative estimate of drug-likeness (QED) is 0.732. The smallest absolute Gasteiger partial charge is 0.248 e. The first-order valence-corrected chi connectivity index (χ1v) is 8.84. The molecular formula is C18H11NO3S2. The lowest BCUT2D eigenvalue weighted by Crippen LogP contribution is -2.19. The number of aliphatic hydroxyl groups is 1. The Hall–Kier alpha value is -2.44. The Morgan fingerprint density at radius 2 is 1.79 bits per heavy atom. The molecule has 0 saturated carbocycles. The second-order valence-corrected chi connectivity index (χ2v) is 7.64. The van der Waals surface area contributed by atoms with Crippen LogP contribution in [0.4, 0.5) is 0 Å². The predicted molar refractivity (Wildman–Crippen MR) is 95.0 cm³/mol. The Morgan fingerprint density at radius 1 is 1.04 bits per heavy atom. The number of ketones is 2. The first kappa shape index (κ1) is 15.1. The number of Topliss-reactive ketones (excluding diaryl/α,β-unsaturated/α-hetero) is 2. The summed E-state index contributed by atoms with van der Waals surface area (Å²) in [6.45, 7) is 1.73. The fraction of sp³-hybridized carbons (Fsp3) is 0.0556.